The van der Waals surface area contributed by atoms with Crippen LogP contribution < -0.4 is 10.2 Å². The minimum atomic E-state index is 0.738. The molecule has 0 atom stereocenters. The van der Waals surface area contributed by atoms with Crippen molar-refractivity contribution in [2.24, 2.45) is 0 Å². The molecule has 7 nitrogen and oxygen atoms in total. The van der Waals surface area contributed by atoms with E-state index in [0.717, 1.165) is 61.4 Å². The molecular weight excluding hydrogens is 374 g/mol. The van der Waals surface area contributed by atoms with Crippen LogP contribution in [-0.2, 0) is 6.54 Å². The molecule has 0 radical (unpaired) electrons. The number of imidazole rings is 1. The van der Waals surface area contributed by atoms with Gasteiger partial charge in [-0.3, -0.25) is 4.40 Å². The maximum Gasteiger partial charge on any atom is 0.180 e. The zero-order valence-electron chi connectivity index (χ0n) is 17.1. The molecule has 1 aromatic carbocycles. The number of hydrogen-bond donors (Lipinski definition) is 1. The van der Waals surface area contributed by atoms with Crippen molar-refractivity contribution < 1.29 is 0 Å². The summed E-state index contributed by atoms with van der Waals surface area (Å²) in [7, 11) is 2.16. The molecule has 1 fully saturated rings. The van der Waals surface area contributed by atoms with Crippen LogP contribution in [0.4, 0.5) is 11.6 Å². The fourth-order valence-electron chi connectivity index (χ4n) is 3.80. The molecule has 3 aromatic heterocycles. The maximum atomic E-state index is 4.82. The Kier molecular flexibility index (Phi) is 5.03. The van der Waals surface area contributed by atoms with E-state index >= 15 is 0 Å². The molecule has 0 bridgehead atoms. The van der Waals surface area contributed by atoms with Gasteiger partial charge in [0.2, 0.25) is 0 Å². The third kappa shape index (κ3) is 3.71. The first-order chi connectivity index (χ1) is 14.8. The van der Waals surface area contributed by atoms with Gasteiger partial charge in [0.05, 0.1) is 17.6 Å². The molecule has 1 saturated heterocycles. The minimum absolute atomic E-state index is 0.738. The summed E-state index contributed by atoms with van der Waals surface area (Å²) in [6.07, 6.45) is 5.70. The summed E-state index contributed by atoms with van der Waals surface area (Å²) in [5.41, 5.74) is 3.95. The highest BCUT2D eigenvalue weighted by Crippen LogP contribution is 2.25. The van der Waals surface area contributed by atoms with Crippen LogP contribution in [0.15, 0.2) is 67.1 Å². The van der Waals surface area contributed by atoms with Crippen molar-refractivity contribution in [2.75, 3.05) is 43.4 Å². The van der Waals surface area contributed by atoms with Crippen LogP contribution in [0.2, 0.25) is 0 Å². The second kappa shape index (κ2) is 8.12. The molecule has 4 aromatic rings. The molecule has 4 heterocycles. The van der Waals surface area contributed by atoms with Crippen molar-refractivity contribution in [1.29, 1.82) is 0 Å². The normalized spacial score (nSPS) is 14.9. The van der Waals surface area contributed by atoms with Gasteiger partial charge in [0, 0.05) is 45.1 Å². The van der Waals surface area contributed by atoms with E-state index in [1.54, 1.807) is 0 Å². The monoisotopic (exact) mass is 399 g/mol. The van der Waals surface area contributed by atoms with Gasteiger partial charge < -0.3 is 15.1 Å². The van der Waals surface area contributed by atoms with E-state index in [1.807, 2.05) is 55.0 Å². The molecule has 1 N–H and O–H groups in total. The predicted molar refractivity (Wildman–Crippen MR) is 120 cm³/mol. The van der Waals surface area contributed by atoms with Crippen molar-refractivity contribution in [3.63, 3.8) is 0 Å². The van der Waals surface area contributed by atoms with Gasteiger partial charge in [-0.05, 0) is 24.7 Å². The lowest BCUT2D eigenvalue weighted by Gasteiger charge is -2.33. The Hall–Kier alpha value is -3.45. The standard InChI is InChI=1S/C23H25N7/c1-28-12-14-29(15-13-28)22-23-26-17-20(30(23)11-10-24-22)19-8-5-9-21(27-19)25-16-18-6-3-2-4-7-18/h2-11,17H,12-16H2,1H3,(H,25,27). The Morgan fingerprint density at radius 1 is 0.933 bits per heavy atom. The van der Waals surface area contributed by atoms with Crippen LogP contribution in [0.3, 0.4) is 0 Å². The van der Waals surface area contributed by atoms with Crippen LogP contribution in [-0.4, -0.2) is 57.5 Å². The first kappa shape index (κ1) is 18.6. The topological polar surface area (TPSA) is 61.6 Å². The molecule has 7 heteroatoms. The average molecular weight is 400 g/mol. The molecule has 30 heavy (non-hydrogen) atoms. The molecule has 0 saturated carbocycles. The Morgan fingerprint density at radius 2 is 1.77 bits per heavy atom. The molecule has 0 spiro atoms. The molecular formula is C23H25N7. The van der Waals surface area contributed by atoms with Gasteiger partial charge in [-0.1, -0.05) is 36.4 Å². The molecule has 0 amide bonds. The van der Waals surface area contributed by atoms with Crippen molar-refractivity contribution in [3.8, 4) is 11.4 Å². The van der Waals surface area contributed by atoms with Crippen molar-refractivity contribution >= 4 is 17.3 Å². The Bertz CT molecular complexity index is 1130. The number of benzene rings is 1. The smallest absolute Gasteiger partial charge is 0.180 e. The zero-order chi connectivity index (χ0) is 20.3. The van der Waals surface area contributed by atoms with Crippen molar-refractivity contribution in [2.45, 2.75) is 6.54 Å². The molecule has 1 aliphatic rings. The van der Waals surface area contributed by atoms with Gasteiger partial charge in [-0.2, -0.15) is 0 Å². The minimum Gasteiger partial charge on any atom is -0.366 e. The van der Waals surface area contributed by atoms with Crippen LogP contribution in [0.1, 0.15) is 5.56 Å². The number of hydrogen-bond acceptors (Lipinski definition) is 6. The number of anilines is 2. The second-order valence-corrected chi connectivity index (χ2v) is 7.63. The van der Waals surface area contributed by atoms with Gasteiger partial charge in [-0.15, -0.1) is 0 Å². The lowest BCUT2D eigenvalue weighted by Crippen LogP contribution is -2.45. The highest BCUT2D eigenvalue weighted by molar-refractivity contribution is 5.70. The van der Waals surface area contributed by atoms with Gasteiger partial charge in [-0.25, -0.2) is 15.0 Å². The van der Waals surface area contributed by atoms with E-state index in [-0.39, 0.29) is 0 Å². The van der Waals surface area contributed by atoms with Crippen LogP contribution in [0.25, 0.3) is 17.0 Å². The van der Waals surface area contributed by atoms with Crippen LogP contribution >= 0.6 is 0 Å². The number of nitrogens with one attached hydrogen (secondary N) is 1. The number of rotatable bonds is 5. The predicted octanol–water partition coefficient (Wildman–Crippen LogP) is 3.16. The summed E-state index contributed by atoms with van der Waals surface area (Å²) in [6, 6.07) is 16.4. The fraction of sp³-hybridized carbons (Fsp3) is 0.261. The highest BCUT2D eigenvalue weighted by atomic mass is 15.3. The van der Waals surface area contributed by atoms with E-state index in [1.165, 1.54) is 5.56 Å². The van der Waals surface area contributed by atoms with E-state index in [4.69, 9.17) is 9.97 Å². The van der Waals surface area contributed by atoms with Crippen LogP contribution in [0.5, 0.6) is 0 Å². The van der Waals surface area contributed by atoms with E-state index in [0.29, 0.717) is 0 Å². The Labute approximate surface area is 176 Å². The molecule has 5 rings (SSSR count). The Morgan fingerprint density at radius 3 is 2.60 bits per heavy atom. The first-order valence-corrected chi connectivity index (χ1v) is 10.3. The maximum absolute atomic E-state index is 4.82. The summed E-state index contributed by atoms with van der Waals surface area (Å²) in [4.78, 5) is 18.8. The molecule has 152 valence electrons. The molecule has 0 aliphatic carbocycles. The van der Waals surface area contributed by atoms with Crippen molar-refractivity contribution in [3.05, 3.63) is 72.7 Å². The first-order valence-electron chi connectivity index (χ1n) is 10.3. The number of piperazine rings is 1. The number of nitrogens with zero attached hydrogens (tertiary/aromatic N) is 6. The summed E-state index contributed by atoms with van der Waals surface area (Å²) in [5, 5.41) is 3.41. The average Bonchev–Trinajstić information content (AvgIpc) is 3.24. The van der Waals surface area contributed by atoms with Gasteiger partial charge in [0.1, 0.15) is 5.82 Å². The van der Waals surface area contributed by atoms with E-state index in [2.05, 4.69) is 43.7 Å². The quantitative estimate of drug-likeness (QED) is 0.556. The number of aromatic nitrogens is 4. The summed E-state index contributed by atoms with van der Waals surface area (Å²) in [6.45, 7) is 4.73. The zero-order valence-corrected chi connectivity index (χ0v) is 17.1. The number of likely N-dealkylation sites (N-methyl/N-ethyl adjacent to an activating group) is 1. The van der Waals surface area contributed by atoms with E-state index < -0.39 is 0 Å². The summed E-state index contributed by atoms with van der Waals surface area (Å²) in [5.74, 6) is 1.79. The lowest BCUT2D eigenvalue weighted by molar-refractivity contribution is 0.312. The number of pyridine rings is 1. The summed E-state index contributed by atoms with van der Waals surface area (Å²) < 4.78 is 2.09. The second-order valence-electron chi connectivity index (χ2n) is 7.63. The van der Waals surface area contributed by atoms with Gasteiger partial charge >= 0.3 is 0 Å². The Balaban J connectivity index is 1.42. The highest BCUT2D eigenvalue weighted by Gasteiger charge is 2.20. The molecule has 0 unspecified atom stereocenters. The van der Waals surface area contributed by atoms with Gasteiger partial charge in [0.25, 0.3) is 0 Å². The SMILES string of the molecule is CN1CCN(c2nccn3c(-c4cccc(NCc5ccccc5)n4)cnc23)CC1. The van der Waals surface area contributed by atoms with Crippen molar-refractivity contribution in [1.82, 2.24) is 24.3 Å². The van der Waals surface area contributed by atoms with Crippen LogP contribution in [0, 0.1) is 0 Å². The van der Waals surface area contributed by atoms with Gasteiger partial charge in [0.15, 0.2) is 11.5 Å². The lowest BCUT2D eigenvalue weighted by atomic mass is 10.2. The third-order valence-electron chi connectivity index (χ3n) is 5.54. The number of fused-ring (bicyclic) bond motifs is 1. The molecule has 1 aliphatic heterocycles. The summed E-state index contributed by atoms with van der Waals surface area (Å²) >= 11 is 0. The van der Waals surface area contributed by atoms with E-state index in [9.17, 15) is 0 Å². The third-order valence-corrected chi connectivity index (χ3v) is 5.54. The fourth-order valence-corrected chi connectivity index (χ4v) is 3.80. The largest absolute Gasteiger partial charge is 0.366 e.